The number of sulfone groups is 1. The number of benzene rings is 1. The Hall–Kier alpha value is -1.11. The van der Waals surface area contributed by atoms with Crippen molar-refractivity contribution >= 4 is 32.3 Å². The Labute approximate surface area is 140 Å². The molecule has 124 valence electrons. The number of aromatic amines is 1. The van der Waals surface area contributed by atoms with Crippen LogP contribution in [0.1, 0.15) is 30.7 Å². The van der Waals surface area contributed by atoms with E-state index < -0.39 is 9.84 Å². The monoisotopic (exact) mass is 353 g/mol. The number of halogens is 1. The third kappa shape index (κ3) is 2.99. The van der Waals surface area contributed by atoms with Gasteiger partial charge in [0.2, 0.25) is 0 Å². The number of rotatable bonds is 2. The fraction of sp³-hybridized carbons (Fsp3) is 0.562. The van der Waals surface area contributed by atoms with Crippen molar-refractivity contribution in [3.63, 3.8) is 0 Å². The molecule has 0 unspecified atom stereocenters. The molecule has 0 aliphatic carbocycles. The summed E-state index contributed by atoms with van der Waals surface area (Å²) in [7, 11) is -2.81. The van der Waals surface area contributed by atoms with Gasteiger partial charge in [0.15, 0.2) is 9.84 Å². The van der Waals surface area contributed by atoms with Crippen LogP contribution in [0.25, 0.3) is 10.9 Å². The van der Waals surface area contributed by atoms with Crippen molar-refractivity contribution in [3.8, 4) is 0 Å². The highest BCUT2D eigenvalue weighted by Crippen LogP contribution is 2.36. The Morgan fingerprint density at radius 1 is 1.22 bits per heavy atom. The van der Waals surface area contributed by atoms with Crippen molar-refractivity contribution in [1.82, 2.24) is 15.1 Å². The highest BCUT2D eigenvalue weighted by molar-refractivity contribution is 7.91. The number of H-pyrrole nitrogens is 1. The van der Waals surface area contributed by atoms with E-state index in [9.17, 15) is 8.42 Å². The molecule has 2 aliphatic rings. The molecular weight excluding hydrogens is 334 g/mol. The summed E-state index contributed by atoms with van der Waals surface area (Å²) >= 11 is 6.46. The Kier molecular flexibility index (Phi) is 3.86. The van der Waals surface area contributed by atoms with Crippen molar-refractivity contribution in [3.05, 3.63) is 28.9 Å². The zero-order valence-corrected chi connectivity index (χ0v) is 14.4. The fourth-order valence-electron chi connectivity index (χ4n) is 3.93. The van der Waals surface area contributed by atoms with E-state index >= 15 is 0 Å². The molecule has 23 heavy (non-hydrogen) atoms. The zero-order chi connectivity index (χ0) is 16.0. The van der Waals surface area contributed by atoms with Gasteiger partial charge in [-0.3, -0.25) is 10.00 Å². The van der Waals surface area contributed by atoms with Crippen LogP contribution in [0.15, 0.2) is 18.3 Å². The molecule has 1 aromatic heterocycles. The second-order valence-corrected chi connectivity index (χ2v) is 9.33. The highest BCUT2D eigenvalue weighted by atomic mass is 35.5. The third-order valence-corrected chi connectivity index (χ3v) is 7.33. The van der Waals surface area contributed by atoms with Gasteiger partial charge in [-0.05, 0) is 56.0 Å². The van der Waals surface area contributed by atoms with E-state index in [0.717, 1.165) is 48.3 Å². The van der Waals surface area contributed by atoms with E-state index in [-0.39, 0.29) is 6.04 Å². The van der Waals surface area contributed by atoms with Crippen LogP contribution in [0.3, 0.4) is 0 Å². The molecule has 2 aromatic rings. The summed E-state index contributed by atoms with van der Waals surface area (Å²) in [5.41, 5.74) is 2.20. The van der Waals surface area contributed by atoms with Crippen LogP contribution in [0, 0.1) is 0 Å². The quantitative estimate of drug-likeness (QED) is 0.901. The second-order valence-electron chi connectivity index (χ2n) is 6.70. The van der Waals surface area contributed by atoms with Crippen LogP contribution in [-0.4, -0.2) is 54.2 Å². The lowest BCUT2D eigenvalue weighted by Gasteiger charge is -2.36. The van der Waals surface area contributed by atoms with E-state index in [4.69, 9.17) is 11.6 Å². The van der Waals surface area contributed by atoms with Gasteiger partial charge in [0, 0.05) is 16.5 Å². The minimum Gasteiger partial charge on any atom is -0.299 e. The highest BCUT2D eigenvalue weighted by Gasteiger charge is 2.34. The van der Waals surface area contributed by atoms with Crippen molar-refractivity contribution < 1.29 is 8.42 Å². The molecule has 7 heteroatoms. The summed E-state index contributed by atoms with van der Waals surface area (Å²) in [5, 5.41) is 8.90. The van der Waals surface area contributed by atoms with Crippen molar-refractivity contribution in [2.45, 2.75) is 31.2 Å². The summed E-state index contributed by atoms with van der Waals surface area (Å²) in [6.45, 7) is 1.89. The first-order valence-electron chi connectivity index (χ1n) is 8.09. The number of hydrogen-bond donors (Lipinski definition) is 1. The fourth-order valence-corrected chi connectivity index (χ4v) is 6.02. The molecular formula is C16H20ClN3O2S. The van der Waals surface area contributed by atoms with Crippen LogP contribution in [0.4, 0.5) is 0 Å². The number of nitrogens with zero attached hydrogens (tertiary/aromatic N) is 2. The molecule has 1 aromatic carbocycles. The Morgan fingerprint density at radius 2 is 2.00 bits per heavy atom. The summed E-state index contributed by atoms with van der Waals surface area (Å²) in [5.74, 6) is 1.11. The minimum absolute atomic E-state index is 0.214. The molecule has 1 N–H and O–H groups in total. The van der Waals surface area contributed by atoms with E-state index in [1.165, 1.54) is 5.56 Å². The van der Waals surface area contributed by atoms with Gasteiger partial charge in [-0.25, -0.2) is 8.42 Å². The SMILES string of the molecule is O=S1(=O)CC[C@H](N2CCC(c3cc4[nH]ncc4cc3Cl)CC2)C1. The Balaban J connectivity index is 1.47. The average Bonchev–Trinajstić information content (AvgIpc) is 3.12. The first kappa shape index (κ1) is 15.4. The van der Waals surface area contributed by atoms with Crippen LogP contribution in [0.2, 0.25) is 5.02 Å². The average molecular weight is 354 g/mol. The summed E-state index contributed by atoms with van der Waals surface area (Å²) in [4.78, 5) is 2.35. The lowest BCUT2D eigenvalue weighted by molar-refractivity contribution is 0.165. The number of likely N-dealkylation sites (tertiary alicyclic amines) is 1. The van der Waals surface area contributed by atoms with Gasteiger partial charge in [0.1, 0.15) is 0 Å². The predicted molar refractivity (Wildman–Crippen MR) is 91.7 cm³/mol. The molecule has 2 fully saturated rings. The van der Waals surface area contributed by atoms with Gasteiger partial charge < -0.3 is 0 Å². The van der Waals surface area contributed by atoms with Gasteiger partial charge in [-0.1, -0.05) is 11.6 Å². The number of nitrogens with one attached hydrogen (secondary N) is 1. The molecule has 3 heterocycles. The molecule has 0 bridgehead atoms. The summed E-state index contributed by atoms with van der Waals surface area (Å²) in [6.07, 6.45) is 4.62. The second kappa shape index (κ2) is 5.76. The molecule has 0 radical (unpaired) electrons. The Bertz CT molecular complexity index is 825. The Morgan fingerprint density at radius 3 is 2.70 bits per heavy atom. The third-order valence-electron chi connectivity index (χ3n) is 5.25. The molecule has 0 saturated carbocycles. The maximum Gasteiger partial charge on any atom is 0.151 e. The number of aromatic nitrogens is 2. The molecule has 1 atom stereocenters. The molecule has 5 nitrogen and oxygen atoms in total. The van der Waals surface area contributed by atoms with Crippen LogP contribution in [-0.2, 0) is 9.84 Å². The van der Waals surface area contributed by atoms with Crippen LogP contribution < -0.4 is 0 Å². The van der Waals surface area contributed by atoms with E-state index in [2.05, 4.69) is 21.2 Å². The zero-order valence-electron chi connectivity index (χ0n) is 12.8. The van der Waals surface area contributed by atoms with E-state index in [1.807, 2.05) is 6.07 Å². The van der Waals surface area contributed by atoms with E-state index in [1.54, 1.807) is 6.20 Å². The van der Waals surface area contributed by atoms with Crippen LogP contribution >= 0.6 is 11.6 Å². The summed E-state index contributed by atoms with van der Waals surface area (Å²) < 4.78 is 23.3. The van der Waals surface area contributed by atoms with Crippen molar-refractivity contribution in [2.24, 2.45) is 0 Å². The van der Waals surface area contributed by atoms with Gasteiger partial charge in [-0.15, -0.1) is 0 Å². The molecule has 2 aliphatic heterocycles. The van der Waals surface area contributed by atoms with Crippen molar-refractivity contribution in [1.29, 1.82) is 0 Å². The topological polar surface area (TPSA) is 66.1 Å². The standard InChI is InChI=1S/C16H20ClN3O2S/c17-15-7-12-9-18-19-16(12)8-14(15)11-1-4-20(5-2-11)13-3-6-23(21,22)10-13/h7-9,11,13H,1-6,10H2,(H,18,19)/t13-/m0/s1. The number of fused-ring (bicyclic) bond motifs is 1. The van der Waals surface area contributed by atoms with E-state index in [0.29, 0.717) is 17.4 Å². The van der Waals surface area contributed by atoms with Crippen molar-refractivity contribution in [2.75, 3.05) is 24.6 Å². The van der Waals surface area contributed by atoms with Gasteiger partial charge in [0.25, 0.3) is 0 Å². The lowest BCUT2D eigenvalue weighted by atomic mass is 9.88. The maximum absolute atomic E-state index is 11.7. The number of piperidine rings is 1. The minimum atomic E-state index is -2.81. The van der Waals surface area contributed by atoms with Gasteiger partial charge in [0.05, 0.1) is 23.2 Å². The lowest BCUT2D eigenvalue weighted by Crippen LogP contribution is -2.41. The number of hydrogen-bond acceptors (Lipinski definition) is 4. The predicted octanol–water partition coefficient (Wildman–Crippen LogP) is 2.58. The van der Waals surface area contributed by atoms with Gasteiger partial charge >= 0.3 is 0 Å². The largest absolute Gasteiger partial charge is 0.299 e. The molecule has 2 saturated heterocycles. The molecule has 0 amide bonds. The first-order chi connectivity index (χ1) is 11.0. The normalized spacial score (nSPS) is 26.0. The molecule has 4 rings (SSSR count). The summed E-state index contributed by atoms with van der Waals surface area (Å²) in [6, 6.07) is 4.31. The smallest absolute Gasteiger partial charge is 0.151 e. The van der Waals surface area contributed by atoms with Crippen LogP contribution in [0.5, 0.6) is 0 Å². The maximum atomic E-state index is 11.7. The van der Waals surface area contributed by atoms with Gasteiger partial charge in [-0.2, -0.15) is 5.10 Å². The first-order valence-corrected chi connectivity index (χ1v) is 10.3. The molecule has 0 spiro atoms.